The van der Waals surface area contributed by atoms with Gasteiger partial charge in [0.1, 0.15) is 0 Å². The molecule has 0 fully saturated rings. The van der Waals surface area contributed by atoms with Gasteiger partial charge in [-0.25, -0.2) is 0 Å². The lowest BCUT2D eigenvalue weighted by Crippen LogP contribution is -2.25. The van der Waals surface area contributed by atoms with Crippen molar-refractivity contribution in [3.63, 3.8) is 0 Å². The summed E-state index contributed by atoms with van der Waals surface area (Å²) in [5.74, 6) is -0.619. The van der Waals surface area contributed by atoms with E-state index in [1.165, 1.54) is 12.1 Å². The SMILES string of the molecule is O=C(Nc1ccc(Br)cc1C(F)(F)F)C1CC=CCC1. The molecule has 6 heteroatoms. The molecule has 1 unspecified atom stereocenters. The summed E-state index contributed by atoms with van der Waals surface area (Å²) in [5.41, 5.74) is -1.04. The first-order valence-electron chi connectivity index (χ1n) is 6.20. The summed E-state index contributed by atoms with van der Waals surface area (Å²) < 4.78 is 39.1. The maximum Gasteiger partial charge on any atom is 0.418 e. The second-order valence-corrected chi connectivity index (χ2v) is 5.57. The van der Waals surface area contributed by atoms with E-state index in [4.69, 9.17) is 0 Å². The first-order chi connectivity index (χ1) is 9.38. The van der Waals surface area contributed by atoms with E-state index >= 15 is 0 Å². The van der Waals surface area contributed by atoms with Crippen LogP contribution in [0.15, 0.2) is 34.8 Å². The number of hydrogen-bond donors (Lipinski definition) is 1. The second-order valence-electron chi connectivity index (χ2n) is 4.66. The molecule has 2 nitrogen and oxygen atoms in total. The van der Waals surface area contributed by atoms with Gasteiger partial charge in [0.25, 0.3) is 0 Å². The predicted octanol–water partition coefficient (Wildman–Crippen LogP) is 4.76. The molecule has 0 radical (unpaired) electrons. The Morgan fingerprint density at radius 2 is 2.05 bits per heavy atom. The van der Waals surface area contributed by atoms with E-state index in [1.807, 2.05) is 12.2 Å². The molecule has 0 saturated heterocycles. The lowest BCUT2D eigenvalue weighted by Gasteiger charge is -2.19. The Labute approximate surface area is 123 Å². The first kappa shape index (κ1) is 15.1. The van der Waals surface area contributed by atoms with Gasteiger partial charge >= 0.3 is 6.18 Å². The highest BCUT2D eigenvalue weighted by Gasteiger charge is 2.34. The number of amides is 1. The van der Waals surface area contributed by atoms with Crippen molar-refractivity contribution in [2.24, 2.45) is 5.92 Å². The normalized spacial score (nSPS) is 18.9. The van der Waals surface area contributed by atoms with Gasteiger partial charge in [-0.3, -0.25) is 4.79 Å². The van der Waals surface area contributed by atoms with E-state index in [2.05, 4.69) is 21.2 Å². The number of allylic oxidation sites excluding steroid dienone is 2. The quantitative estimate of drug-likeness (QED) is 0.767. The van der Waals surface area contributed by atoms with Gasteiger partial charge in [-0.1, -0.05) is 28.1 Å². The number of carbonyl (C=O) groups is 1. The van der Waals surface area contributed by atoms with E-state index in [-0.39, 0.29) is 17.5 Å². The van der Waals surface area contributed by atoms with Gasteiger partial charge in [0.2, 0.25) is 5.91 Å². The molecular weight excluding hydrogens is 335 g/mol. The molecule has 1 aromatic carbocycles. The zero-order chi connectivity index (χ0) is 14.8. The maximum absolute atomic E-state index is 12.9. The minimum Gasteiger partial charge on any atom is -0.325 e. The summed E-state index contributed by atoms with van der Waals surface area (Å²) in [4.78, 5) is 12.0. The molecule has 1 aromatic rings. The fourth-order valence-electron chi connectivity index (χ4n) is 2.13. The standard InChI is InChI=1S/C14H13BrF3NO/c15-10-6-7-12(11(8-10)14(16,17)18)19-13(20)9-4-2-1-3-5-9/h1-2,6-9H,3-5H2,(H,19,20). The average Bonchev–Trinajstić information content (AvgIpc) is 2.40. The molecule has 0 spiro atoms. The minimum absolute atomic E-state index is 0.194. The number of halogens is 4. The van der Waals surface area contributed by atoms with Gasteiger partial charge in [0.05, 0.1) is 11.3 Å². The number of rotatable bonds is 2. The van der Waals surface area contributed by atoms with Crippen LogP contribution in [0.2, 0.25) is 0 Å². The summed E-state index contributed by atoms with van der Waals surface area (Å²) in [6, 6.07) is 3.71. The molecule has 1 aliphatic carbocycles. The van der Waals surface area contributed by atoms with Crippen LogP contribution in [0.1, 0.15) is 24.8 Å². The summed E-state index contributed by atoms with van der Waals surface area (Å²) in [7, 11) is 0. The third kappa shape index (κ3) is 3.62. The van der Waals surface area contributed by atoms with Crippen LogP contribution < -0.4 is 5.32 Å². The number of hydrogen-bond acceptors (Lipinski definition) is 1. The van der Waals surface area contributed by atoms with Crippen LogP contribution in [0, 0.1) is 5.92 Å². The van der Waals surface area contributed by atoms with Crippen LogP contribution in [-0.2, 0) is 11.0 Å². The number of alkyl halides is 3. The van der Waals surface area contributed by atoms with Gasteiger partial charge in [-0.2, -0.15) is 13.2 Å². The third-order valence-electron chi connectivity index (χ3n) is 3.18. The smallest absolute Gasteiger partial charge is 0.325 e. The van der Waals surface area contributed by atoms with E-state index in [1.54, 1.807) is 0 Å². The highest BCUT2D eigenvalue weighted by molar-refractivity contribution is 9.10. The predicted molar refractivity (Wildman–Crippen MR) is 74.3 cm³/mol. The zero-order valence-electron chi connectivity index (χ0n) is 10.5. The summed E-state index contributed by atoms with van der Waals surface area (Å²) >= 11 is 3.01. The Kier molecular flexibility index (Phi) is 4.52. The summed E-state index contributed by atoms with van der Waals surface area (Å²) in [6.45, 7) is 0. The van der Waals surface area contributed by atoms with Crippen LogP contribution in [0.25, 0.3) is 0 Å². The lowest BCUT2D eigenvalue weighted by atomic mass is 9.93. The van der Waals surface area contributed by atoms with Gasteiger partial charge in [0, 0.05) is 10.4 Å². The van der Waals surface area contributed by atoms with Crippen LogP contribution in [-0.4, -0.2) is 5.91 Å². The van der Waals surface area contributed by atoms with Crippen molar-refractivity contribution in [3.05, 3.63) is 40.4 Å². The maximum atomic E-state index is 12.9. The Balaban J connectivity index is 2.20. The van der Waals surface area contributed by atoms with Crippen molar-refractivity contribution in [3.8, 4) is 0 Å². The molecule has 0 aliphatic heterocycles. The Morgan fingerprint density at radius 1 is 1.30 bits per heavy atom. The van der Waals surface area contributed by atoms with Crippen molar-refractivity contribution >= 4 is 27.5 Å². The molecule has 1 atom stereocenters. The average molecular weight is 348 g/mol. The Morgan fingerprint density at radius 3 is 2.65 bits per heavy atom. The van der Waals surface area contributed by atoms with Crippen LogP contribution in [0.3, 0.4) is 0 Å². The fourth-order valence-corrected chi connectivity index (χ4v) is 2.49. The van der Waals surface area contributed by atoms with Crippen LogP contribution in [0.4, 0.5) is 18.9 Å². The Hall–Kier alpha value is -1.30. The van der Waals surface area contributed by atoms with E-state index in [0.717, 1.165) is 12.5 Å². The number of anilines is 1. The molecule has 1 amide bonds. The van der Waals surface area contributed by atoms with Crippen LogP contribution >= 0.6 is 15.9 Å². The van der Waals surface area contributed by atoms with Crippen molar-refractivity contribution in [2.45, 2.75) is 25.4 Å². The van der Waals surface area contributed by atoms with Crippen molar-refractivity contribution in [1.82, 2.24) is 0 Å². The minimum atomic E-state index is -4.50. The Bertz CT molecular complexity index is 540. The van der Waals surface area contributed by atoms with E-state index < -0.39 is 11.7 Å². The van der Waals surface area contributed by atoms with Gasteiger partial charge < -0.3 is 5.32 Å². The largest absolute Gasteiger partial charge is 0.418 e. The highest BCUT2D eigenvalue weighted by Crippen LogP contribution is 2.37. The number of carbonyl (C=O) groups excluding carboxylic acids is 1. The molecular formula is C14H13BrF3NO. The molecule has 108 valence electrons. The van der Waals surface area contributed by atoms with E-state index in [9.17, 15) is 18.0 Å². The third-order valence-corrected chi connectivity index (χ3v) is 3.68. The molecule has 20 heavy (non-hydrogen) atoms. The lowest BCUT2D eigenvalue weighted by molar-refractivity contribution is -0.137. The van der Waals surface area contributed by atoms with Gasteiger partial charge in [0.15, 0.2) is 0 Å². The molecule has 0 heterocycles. The van der Waals surface area contributed by atoms with Gasteiger partial charge in [-0.05, 0) is 37.5 Å². The number of benzene rings is 1. The van der Waals surface area contributed by atoms with Crippen molar-refractivity contribution in [1.29, 1.82) is 0 Å². The van der Waals surface area contributed by atoms with Gasteiger partial charge in [-0.15, -0.1) is 0 Å². The fraction of sp³-hybridized carbons (Fsp3) is 0.357. The van der Waals surface area contributed by atoms with Crippen molar-refractivity contribution in [2.75, 3.05) is 5.32 Å². The highest BCUT2D eigenvalue weighted by atomic mass is 79.9. The molecule has 2 rings (SSSR count). The molecule has 0 saturated carbocycles. The summed E-state index contributed by atoms with van der Waals surface area (Å²) in [5, 5.41) is 2.40. The monoisotopic (exact) mass is 347 g/mol. The second kappa shape index (κ2) is 5.99. The molecule has 0 bridgehead atoms. The molecule has 1 aliphatic rings. The first-order valence-corrected chi connectivity index (χ1v) is 7.00. The van der Waals surface area contributed by atoms with Crippen LogP contribution in [0.5, 0.6) is 0 Å². The molecule has 0 aromatic heterocycles. The summed E-state index contributed by atoms with van der Waals surface area (Å²) in [6.07, 6.45) is 1.39. The molecule has 1 N–H and O–H groups in total. The zero-order valence-corrected chi connectivity index (χ0v) is 12.1. The number of nitrogens with one attached hydrogen (secondary N) is 1. The topological polar surface area (TPSA) is 29.1 Å². The van der Waals surface area contributed by atoms with Crippen molar-refractivity contribution < 1.29 is 18.0 Å². The van der Waals surface area contributed by atoms with E-state index in [0.29, 0.717) is 17.3 Å².